The van der Waals surface area contributed by atoms with E-state index in [9.17, 15) is 9.59 Å². The zero-order chi connectivity index (χ0) is 8.27. The van der Waals surface area contributed by atoms with Crippen molar-refractivity contribution in [2.45, 2.75) is 0 Å². The van der Waals surface area contributed by atoms with Crippen molar-refractivity contribution in [3.8, 4) is 0 Å². The van der Waals surface area contributed by atoms with Gasteiger partial charge < -0.3 is 4.90 Å². The van der Waals surface area contributed by atoms with Gasteiger partial charge in [0.1, 0.15) is 6.54 Å². The van der Waals surface area contributed by atoms with Gasteiger partial charge in [0.2, 0.25) is 5.91 Å². The molecule has 1 heterocycles. The number of rotatable bonds is 3. The SMILES string of the molecule is CSCCN1CC(=O)NC1=O. The van der Waals surface area contributed by atoms with E-state index < -0.39 is 0 Å². The van der Waals surface area contributed by atoms with E-state index in [1.165, 1.54) is 4.90 Å². The number of thioether (sulfide) groups is 1. The fraction of sp³-hybridized carbons (Fsp3) is 0.667. The Bertz CT molecular complexity index is 183. The number of nitrogens with one attached hydrogen (secondary N) is 1. The highest BCUT2D eigenvalue weighted by molar-refractivity contribution is 7.98. The lowest BCUT2D eigenvalue weighted by Crippen LogP contribution is -2.30. The Hall–Kier alpha value is -0.710. The third-order valence-electron chi connectivity index (χ3n) is 1.43. The van der Waals surface area contributed by atoms with Crippen LogP contribution in [-0.4, -0.2) is 41.9 Å². The van der Waals surface area contributed by atoms with Crippen LogP contribution in [0.3, 0.4) is 0 Å². The fourth-order valence-corrected chi connectivity index (χ4v) is 1.27. The summed E-state index contributed by atoms with van der Waals surface area (Å²) in [6, 6.07) is -0.260. The van der Waals surface area contributed by atoms with Crippen LogP contribution in [-0.2, 0) is 4.79 Å². The minimum atomic E-state index is -0.260. The molecule has 0 radical (unpaired) electrons. The standard InChI is InChI=1S/C6H10N2O2S/c1-11-3-2-8-4-5(9)7-6(8)10/h2-4H2,1H3,(H,7,9,10). The average molecular weight is 174 g/mol. The van der Waals surface area contributed by atoms with Crippen molar-refractivity contribution in [1.82, 2.24) is 10.2 Å². The Morgan fingerprint density at radius 1 is 1.64 bits per heavy atom. The molecule has 0 aromatic rings. The second-order valence-corrected chi connectivity index (χ2v) is 3.25. The maximum atomic E-state index is 10.9. The highest BCUT2D eigenvalue weighted by atomic mass is 32.2. The van der Waals surface area contributed by atoms with Gasteiger partial charge in [0.25, 0.3) is 0 Å². The van der Waals surface area contributed by atoms with Crippen molar-refractivity contribution in [2.24, 2.45) is 0 Å². The Kier molecular flexibility index (Phi) is 2.76. The average Bonchev–Trinajstić information content (AvgIpc) is 2.26. The van der Waals surface area contributed by atoms with Crippen LogP contribution in [0.5, 0.6) is 0 Å². The van der Waals surface area contributed by atoms with Crippen LogP contribution in [0.2, 0.25) is 0 Å². The van der Waals surface area contributed by atoms with Crippen LogP contribution in [0.4, 0.5) is 4.79 Å². The summed E-state index contributed by atoms with van der Waals surface area (Å²) in [5.41, 5.74) is 0. The van der Waals surface area contributed by atoms with Crippen LogP contribution in [0.15, 0.2) is 0 Å². The molecule has 5 heteroatoms. The first kappa shape index (κ1) is 8.39. The summed E-state index contributed by atoms with van der Waals surface area (Å²) in [6.07, 6.45) is 1.97. The predicted octanol–water partition coefficient (Wildman–Crippen LogP) is -0.0988. The summed E-state index contributed by atoms with van der Waals surface area (Å²) in [4.78, 5) is 23.0. The van der Waals surface area contributed by atoms with Gasteiger partial charge in [0.15, 0.2) is 0 Å². The van der Waals surface area contributed by atoms with Crippen molar-refractivity contribution in [1.29, 1.82) is 0 Å². The Balaban J connectivity index is 2.34. The molecule has 0 spiro atoms. The number of hydrogen-bond acceptors (Lipinski definition) is 3. The topological polar surface area (TPSA) is 49.4 Å². The normalized spacial score (nSPS) is 17.4. The zero-order valence-electron chi connectivity index (χ0n) is 6.29. The Morgan fingerprint density at radius 3 is 2.82 bits per heavy atom. The van der Waals surface area contributed by atoms with Gasteiger partial charge in [-0.3, -0.25) is 10.1 Å². The van der Waals surface area contributed by atoms with Crippen LogP contribution in [0.25, 0.3) is 0 Å². The van der Waals surface area contributed by atoms with Gasteiger partial charge >= 0.3 is 6.03 Å². The summed E-state index contributed by atoms with van der Waals surface area (Å²) in [7, 11) is 0. The molecular weight excluding hydrogens is 164 g/mol. The van der Waals surface area contributed by atoms with E-state index in [0.717, 1.165) is 5.75 Å². The van der Waals surface area contributed by atoms with E-state index in [4.69, 9.17) is 0 Å². The first-order chi connectivity index (χ1) is 5.24. The smallest absolute Gasteiger partial charge is 0.314 e. The zero-order valence-corrected chi connectivity index (χ0v) is 7.11. The number of carbonyl (C=O) groups excluding carboxylic acids is 2. The number of carbonyl (C=O) groups is 2. The minimum absolute atomic E-state index is 0.198. The number of urea groups is 1. The quantitative estimate of drug-likeness (QED) is 0.608. The van der Waals surface area contributed by atoms with Crippen molar-refractivity contribution in [3.05, 3.63) is 0 Å². The third-order valence-corrected chi connectivity index (χ3v) is 2.02. The highest BCUT2D eigenvalue weighted by Crippen LogP contribution is 2.00. The molecule has 1 saturated heterocycles. The molecule has 0 unspecified atom stereocenters. The number of nitrogens with zero attached hydrogens (tertiary/aromatic N) is 1. The third kappa shape index (κ3) is 2.11. The second kappa shape index (κ2) is 3.61. The number of imide groups is 1. The van der Waals surface area contributed by atoms with Gasteiger partial charge in [-0.1, -0.05) is 0 Å². The predicted molar refractivity (Wildman–Crippen MR) is 43.5 cm³/mol. The summed E-state index contributed by atoms with van der Waals surface area (Å²) in [5.74, 6) is 0.678. The molecule has 11 heavy (non-hydrogen) atoms. The molecule has 0 atom stereocenters. The maximum Gasteiger partial charge on any atom is 0.324 e. The van der Waals surface area contributed by atoms with Gasteiger partial charge in [0, 0.05) is 12.3 Å². The monoisotopic (exact) mass is 174 g/mol. The molecule has 1 rings (SSSR count). The Labute approximate surface area is 69.3 Å². The van der Waals surface area contributed by atoms with Crippen molar-refractivity contribution in [2.75, 3.05) is 25.1 Å². The molecule has 1 aliphatic rings. The van der Waals surface area contributed by atoms with E-state index in [0.29, 0.717) is 6.54 Å². The largest absolute Gasteiger partial charge is 0.324 e. The first-order valence-corrected chi connectivity index (χ1v) is 4.71. The number of hydrogen-bond donors (Lipinski definition) is 1. The van der Waals surface area contributed by atoms with Gasteiger partial charge in [-0.2, -0.15) is 11.8 Å². The lowest BCUT2D eigenvalue weighted by Gasteiger charge is -2.10. The molecule has 0 saturated carbocycles. The van der Waals surface area contributed by atoms with Crippen molar-refractivity contribution >= 4 is 23.7 Å². The van der Waals surface area contributed by atoms with Gasteiger partial charge in [-0.15, -0.1) is 0 Å². The molecule has 1 fully saturated rings. The molecule has 0 bridgehead atoms. The van der Waals surface area contributed by atoms with Crippen LogP contribution < -0.4 is 5.32 Å². The molecule has 1 N–H and O–H groups in total. The van der Waals surface area contributed by atoms with Crippen LogP contribution in [0.1, 0.15) is 0 Å². The Morgan fingerprint density at radius 2 is 2.36 bits per heavy atom. The molecule has 0 aromatic carbocycles. The van der Waals surface area contributed by atoms with E-state index in [1.807, 2.05) is 6.26 Å². The molecule has 62 valence electrons. The van der Waals surface area contributed by atoms with Crippen LogP contribution in [0, 0.1) is 0 Å². The molecular formula is C6H10N2O2S. The van der Waals surface area contributed by atoms with E-state index in [2.05, 4.69) is 5.32 Å². The van der Waals surface area contributed by atoms with Gasteiger partial charge in [-0.25, -0.2) is 4.79 Å². The second-order valence-electron chi connectivity index (χ2n) is 2.27. The summed E-state index contributed by atoms with van der Waals surface area (Å²) in [6.45, 7) is 0.873. The summed E-state index contributed by atoms with van der Waals surface area (Å²) < 4.78 is 0. The van der Waals surface area contributed by atoms with Gasteiger partial charge in [-0.05, 0) is 6.26 Å². The summed E-state index contributed by atoms with van der Waals surface area (Å²) >= 11 is 1.66. The molecule has 1 aliphatic heterocycles. The fourth-order valence-electron chi connectivity index (χ4n) is 0.865. The molecule has 0 aliphatic carbocycles. The van der Waals surface area contributed by atoms with Crippen LogP contribution >= 0.6 is 11.8 Å². The van der Waals surface area contributed by atoms with Crippen molar-refractivity contribution in [3.63, 3.8) is 0 Å². The number of amides is 3. The lowest BCUT2D eigenvalue weighted by molar-refractivity contribution is -0.118. The highest BCUT2D eigenvalue weighted by Gasteiger charge is 2.25. The van der Waals surface area contributed by atoms with E-state index >= 15 is 0 Å². The first-order valence-electron chi connectivity index (χ1n) is 3.31. The molecule has 3 amide bonds. The van der Waals surface area contributed by atoms with Gasteiger partial charge in [0.05, 0.1) is 0 Å². The van der Waals surface area contributed by atoms with Crippen molar-refractivity contribution < 1.29 is 9.59 Å². The maximum absolute atomic E-state index is 10.9. The molecule has 4 nitrogen and oxygen atoms in total. The summed E-state index contributed by atoms with van der Waals surface area (Å²) in [5, 5.41) is 2.21. The molecule has 0 aromatic heterocycles. The minimum Gasteiger partial charge on any atom is -0.314 e. The van der Waals surface area contributed by atoms with E-state index in [1.54, 1.807) is 11.8 Å². The lowest BCUT2D eigenvalue weighted by atomic mass is 10.5. The van der Waals surface area contributed by atoms with E-state index in [-0.39, 0.29) is 18.5 Å².